The Bertz CT molecular complexity index is 121. The smallest absolute Gasteiger partial charge is 0.450 e. The lowest BCUT2D eigenvalue weighted by Gasteiger charge is -2.01. The Morgan fingerprint density at radius 3 is 1.36 bits per heavy atom. The van der Waals surface area contributed by atoms with Crippen molar-refractivity contribution in [3.05, 3.63) is 0 Å². The fourth-order valence-corrected chi connectivity index (χ4v) is 0.167. The molecule has 0 rings (SSSR count). The summed E-state index contributed by atoms with van der Waals surface area (Å²) in [5.41, 5.74) is 0. The predicted molar refractivity (Wildman–Crippen MR) is 48.1 cm³/mol. The topological polar surface area (TPSA) is 124 Å². The van der Waals surface area contributed by atoms with Gasteiger partial charge >= 0.3 is 12.3 Å². The second kappa shape index (κ2) is 14.0. The van der Waals surface area contributed by atoms with Gasteiger partial charge in [-0.05, 0) is 13.3 Å². The maximum atomic E-state index is 8.56. The Morgan fingerprint density at radius 1 is 1.14 bits per heavy atom. The van der Waals surface area contributed by atoms with Crippen LogP contribution in [0.3, 0.4) is 0 Å². The second-order valence-electron chi connectivity index (χ2n) is 2.02. The van der Waals surface area contributed by atoms with Crippen LogP contribution < -0.4 is 0 Å². The Balaban J connectivity index is -0.000000135. The minimum Gasteiger partial charge on any atom is -0.450 e. The molecule has 86 valence electrons. The van der Waals surface area contributed by atoms with Gasteiger partial charge in [-0.3, -0.25) is 0 Å². The van der Waals surface area contributed by atoms with Crippen molar-refractivity contribution in [1.82, 2.24) is 0 Å². The lowest BCUT2D eigenvalue weighted by atomic mass is 10.3. The molecule has 1 atom stereocenters. The van der Waals surface area contributed by atoms with E-state index in [1.165, 1.54) is 0 Å². The maximum Gasteiger partial charge on any atom is 0.503 e. The van der Waals surface area contributed by atoms with Gasteiger partial charge in [-0.15, -0.1) is 0 Å². The average molecular weight is 212 g/mol. The molecule has 4 N–H and O–H groups in total. The average Bonchev–Trinajstić information content (AvgIpc) is 2.01. The van der Waals surface area contributed by atoms with Crippen molar-refractivity contribution in [1.29, 1.82) is 0 Å². The Kier molecular flexibility index (Phi) is 18.4. The van der Waals surface area contributed by atoms with Crippen molar-refractivity contribution in [2.24, 2.45) is 0 Å². The van der Waals surface area contributed by atoms with E-state index in [1.54, 1.807) is 7.11 Å². The first-order valence-electron chi connectivity index (χ1n) is 3.64. The summed E-state index contributed by atoms with van der Waals surface area (Å²) in [5, 5.41) is 27.9. The van der Waals surface area contributed by atoms with Gasteiger partial charge in [0.1, 0.15) is 0 Å². The van der Waals surface area contributed by atoms with Crippen LogP contribution >= 0.6 is 0 Å². The third kappa shape index (κ3) is 152. The molecule has 0 saturated carbocycles. The van der Waals surface area contributed by atoms with Crippen LogP contribution in [0.15, 0.2) is 0 Å². The summed E-state index contributed by atoms with van der Waals surface area (Å²) in [7, 11) is 1.73. The molecule has 0 aliphatic heterocycles. The van der Waals surface area contributed by atoms with Gasteiger partial charge < -0.3 is 25.2 Å². The van der Waals surface area contributed by atoms with Gasteiger partial charge in [0.15, 0.2) is 0 Å². The molecule has 0 aromatic rings. The first-order valence-corrected chi connectivity index (χ1v) is 3.64. The Morgan fingerprint density at radius 2 is 1.36 bits per heavy atom. The molecule has 0 aliphatic carbocycles. The predicted octanol–water partition coefficient (Wildman–Crippen LogP) is 1.88. The molecular formula is C7H16O7. The van der Waals surface area contributed by atoms with Gasteiger partial charge in [-0.25, -0.2) is 9.59 Å². The van der Waals surface area contributed by atoms with E-state index >= 15 is 0 Å². The number of ether oxygens (including phenoxy) is 1. The van der Waals surface area contributed by atoms with Crippen molar-refractivity contribution in [3.8, 4) is 0 Å². The van der Waals surface area contributed by atoms with Gasteiger partial charge in [-0.1, -0.05) is 6.92 Å². The summed E-state index contributed by atoms with van der Waals surface area (Å²) < 4.78 is 4.90. The van der Waals surface area contributed by atoms with E-state index in [4.69, 9.17) is 34.8 Å². The molecule has 0 fully saturated rings. The zero-order valence-corrected chi connectivity index (χ0v) is 8.30. The largest absolute Gasteiger partial charge is 0.503 e. The molecule has 0 bridgehead atoms. The van der Waals surface area contributed by atoms with E-state index in [-0.39, 0.29) is 0 Å². The molecule has 0 heterocycles. The highest BCUT2D eigenvalue weighted by Gasteiger charge is 1.88. The molecule has 0 spiro atoms. The molecule has 0 saturated heterocycles. The highest BCUT2D eigenvalue weighted by Crippen LogP contribution is 1.89. The third-order valence-electron chi connectivity index (χ3n) is 0.977. The molecule has 0 aliphatic rings. The highest BCUT2D eigenvalue weighted by atomic mass is 16.6. The summed E-state index contributed by atoms with van der Waals surface area (Å²) in [6.07, 6.45) is -2.12. The first kappa shape index (κ1) is 18.3. The monoisotopic (exact) mass is 212 g/mol. The zero-order valence-electron chi connectivity index (χ0n) is 8.30. The van der Waals surface area contributed by atoms with E-state index in [1.807, 2.05) is 0 Å². The SMILES string of the molecule is CCC(C)OC.O=C(O)O.O=C(O)O. The molecule has 0 radical (unpaired) electrons. The minimum atomic E-state index is -1.83. The van der Waals surface area contributed by atoms with Gasteiger partial charge in [0.05, 0.1) is 6.10 Å². The Labute approximate surface area is 81.6 Å². The van der Waals surface area contributed by atoms with E-state index in [0.29, 0.717) is 6.10 Å². The lowest BCUT2D eigenvalue weighted by molar-refractivity contribution is 0.115. The standard InChI is InChI=1S/C5H12O.2CH2O3/c1-4-5(2)6-3;2*2-1(3)4/h5H,4H2,1-3H3;2*(H2,2,3,4). The van der Waals surface area contributed by atoms with Crippen molar-refractivity contribution in [3.63, 3.8) is 0 Å². The van der Waals surface area contributed by atoms with Crippen molar-refractivity contribution in [2.45, 2.75) is 26.4 Å². The van der Waals surface area contributed by atoms with E-state index in [0.717, 1.165) is 6.42 Å². The summed E-state index contributed by atoms with van der Waals surface area (Å²) in [6, 6.07) is 0. The first-order chi connectivity index (χ1) is 6.27. The van der Waals surface area contributed by atoms with Gasteiger partial charge in [0.2, 0.25) is 0 Å². The molecule has 0 amide bonds. The van der Waals surface area contributed by atoms with Crippen LogP contribution in [-0.2, 0) is 4.74 Å². The van der Waals surface area contributed by atoms with Crippen LogP contribution in [0.2, 0.25) is 0 Å². The van der Waals surface area contributed by atoms with Gasteiger partial charge in [0.25, 0.3) is 0 Å². The molecule has 1 unspecified atom stereocenters. The molecule has 0 aromatic heterocycles. The number of rotatable bonds is 2. The number of methoxy groups -OCH3 is 1. The molecule has 7 heteroatoms. The fourth-order valence-electron chi connectivity index (χ4n) is 0.167. The van der Waals surface area contributed by atoms with Crippen LogP contribution in [0.1, 0.15) is 20.3 Å². The molecule has 7 nitrogen and oxygen atoms in total. The summed E-state index contributed by atoms with van der Waals surface area (Å²) in [5.74, 6) is 0. The van der Waals surface area contributed by atoms with E-state index in [2.05, 4.69) is 13.8 Å². The van der Waals surface area contributed by atoms with Gasteiger partial charge in [-0.2, -0.15) is 0 Å². The fraction of sp³-hybridized carbons (Fsp3) is 0.714. The van der Waals surface area contributed by atoms with Crippen LogP contribution in [0.25, 0.3) is 0 Å². The van der Waals surface area contributed by atoms with Gasteiger partial charge in [0, 0.05) is 7.11 Å². The van der Waals surface area contributed by atoms with Crippen molar-refractivity contribution in [2.75, 3.05) is 7.11 Å². The number of carbonyl (C=O) groups is 2. The highest BCUT2D eigenvalue weighted by molar-refractivity contribution is 5.53. The minimum absolute atomic E-state index is 0.435. The lowest BCUT2D eigenvalue weighted by Crippen LogP contribution is -2.00. The molecular weight excluding hydrogens is 196 g/mol. The van der Waals surface area contributed by atoms with E-state index in [9.17, 15) is 0 Å². The zero-order chi connectivity index (χ0) is 12.1. The van der Waals surface area contributed by atoms with Crippen LogP contribution in [0.5, 0.6) is 0 Å². The van der Waals surface area contributed by atoms with Crippen LogP contribution in [0, 0.1) is 0 Å². The normalized spacial score (nSPS) is 9.64. The quantitative estimate of drug-likeness (QED) is 0.550. The van der Waals surface area contributed by atoms with Crippen LogP contribution in [0.4, 0.5) is 9.59 Å². The number of hydrogen-bond acceptors (Lipinski definition) is 3. The molecule has 0 aromatic carbocycles. The summed E-state index contributed by atoms with van der Waals surface area (Å²) >= 11 is 0. The second-order valence-corrected chi connectivity index (χ2v) is 2.02. The Hall–Kier alpha value is -1.50. The number of carboxylic acid groups (broad SMARTS) is 4. The maximum absolute atomic E-state index is 8.56. The summed E-state index contributed by atoms with van der Waals surface area (Å²) in [4.78, 5) is 17.1. The van der Waals surface area contributed by atoms with Crippen molar-refractivity contribution >= 4 is 12.3 Å². The van der Waals surface area contributed by atoms with E-state index < -0.39 is 12.3 Å². The van der Waals surface area contributed by atoms with Crippen molar-refractivity contribution < 1.29 is 34.8 Å². The summed E-state index contributed by atoms with van der Waals surface area (Å²) in [6.45, 7) is 4.16. The van der Waals surface area contributed by atoms with Crippen LogP contribution in [-0.4, -0.2) is 46.0 Å². The number of hydrogen-bond donors (Lipinski definition) is 4. The molecule has 14 heavy (non-hydrogen) atoms. The third-order valence-corrected chi connectivity index (χ3v) is 0.977.